The lowest BCUT2D eigenvalue weighted by Crippen LogP contribution is -2.69. The number of hydrogen-bond donors (Lipinski definition) is 1. The van der Waals surface area contributed by atoms with Gasteiger partial charge in [0.2, 0.25) is 11.8 Å². The van der Waals surface area contributed by atoms with Gasteiger partial charge in [-0.05, 0) is 19.3 Å². The Morgan fingerprint density at radius 3 is 2.38 bits per heavy atom. The SMILES string of the molecule is CCC1C(=O)NC2(CCCC2)C(=O)N1CCS(=O)(=O)CC. The highest BCUT2D eigenvalue weighted by molar-refractivity contribution is 7.91. The molecule has 0 aromatic carbocycles. The van der Waals surface area contributed by atoms with E-state index in [4.69, 9.17) is 0 Å². The van der Waals surface area contributed by atoms with Gasteiger partial charge in [-0.2, -0.15) is 0 Å². The van der Waals surface area contributed by atoms with Crippen LogP contribution < -0.4 is 5.32 Å². The molecule has 21 heavy (non-hydrogen) atoms. The van der Waals surface area contributed by atoms with Gasteiger partial charge >= 0.3 is 0 Å². The fourth-order valence-corrected chi connectivity index (χ4v) is 4.06. The van der Waals surface area contributed by atoms with Crippen LogP contribution in [0.3, 0.4) is 0 Å². The lowest BCUT2D eigenvalue weighted by atomic mass is 9.90. The van der Waals surface area contributed by atoms with Crippen molar-refractivity contribution in [2.75, 3.05) is 18.1 Å². The highest BCUT2D eigenvalue weighted by Gasteiger charge is 2.51. The van der Waals surface area contributed by atoms with E-state index in [0.29, 0.717) is 19.3 Å². The number of hydrogen-bond acceptors (Lipinski definition) is 4. The molecule has 1 aliphatic heterocycles. The van der Waals surface area contributed by atoms with Crippen molar-refractivity contribution in [3.63, 3.8) is 0 Å². The minimum atomic E-state index is -3.15. The van der Waals surface area contributed by atoms with E-state index in [-0.39, 0.29) is 29.9 Å². The standard InChI is InChI=1S/C14H24N2O4S/c1-3-11-12(17)15-14(7-5-6-8-14)13(18)16(11)9-10-21(19,20)4-2/h11H,3-10H2,1-2H3,(H,15,17). The molecule has 6 nitrogen and oxygen atoms in total. The van der Waals surface area contributed by atoms with Crippen molar-refractivity contribution < 1.29 is 18.0 Å². The molecule has 0 aromatic heterocycles. The van der Waals surface area contributed by atoms with Crippen molar-refractivity contribution in [3.8, 4) is 0 Å². The number of nitrogens with zero attached hydrogens (tertiary/aromatic N) is 1. The van der Waals surface area contributed by atoms with Gasteiger partial charge in [-0.25, -0.2) is 8.42 Å². The number of amides is 2. The van der Waals surface area contributed by atoms with E-state index in [9.17, 15) is 18.0 Å². The molecular weight excluding hydrogens is 292 g/mol. The second-order valence-electron chi connectivity index (χ2n) is 5.94. The Hall–Kier alpha value is -1.11. The first-order valence-electron chi connectivity index (χ1n) is 7.69. The fraction of sp³-hybridized carbons (Fsp3) is 0.857. The summed E-state index contributed by atoms with van der Waals surface area (Å²) in [5.41, 5.74) is -0.779. The summed E-state index contributed by atoms with van der Waals surface area (Å²) in [5, 5.41) is 2.90. The van der Waals surface area contributed by atoms with Gasteiger partial charge in [0.15, 0.2) is 9.84 Å². The van der Waals surface area contributed by atoms with E-state index in [1.54, 1.807) is 6.92 Å². The minimum absolute atomic E-state index is 0.0587. The third-order valence-corrected chi connectivity index (χ3v) is 6.32. The van der Waals surface area contributed by atoms with Gasteiger partial charge in [0, 0.05) is 12.3 Å². The quantitative estimate of drug-likeness (QED) is 0.799. The Morgan fingerprint density at radius 2 is 1.86 bits per heavy atom. The molecule has 1 heterocycles. The molecule has 1 aliphatic carbocycles. The monoisotopic (exact) mass is 316 g/mol. The topological polar surface area (TPSA) is 83.6 Å². The van der Waals surface area contributed by atoms with Crippen molar-refractivity contribution in [2.24, 2.45) is 0 Å². The Morgan fingerprint density at radius 1 is 1.24 bits per heavy atom. The van der Waals surface area contributed by atoms with Gasteiger partial charge in [0.25, 0.3) is 0 Å². The molecule has 1 spiro atoms. The Kier molecular flexibility index (Phi) is 4.60. The summed E-state index contributed by atoms with van der Waals surface area (Å²) >= 11 is 0. The Bertz CT molecular complexity index is 523. The normalized spacial score (nSPS) is 25.4. The number of nitrogens with one attached hydrogen (secondary N) is 1. The number of sulfone groups is 1. The average molecular weight is 316 g/mol. The molecule has 2 rings (SSSR count). The molecule has 1 atom stereocenters. The maximum absolute atomic E-state index is 12.8. The summed E-state index contributed by atoms with van der Waals surface area (Å²) in [5.74, 6) is -0.260. The third-order valence-electron chi connectivity index (χ3n) is 4.64. The number of rotatable bonds is 5. The van der Waals surface area contributed by atoms with Crippen LogP contribution in [0.5, 0.6) is 0 Å². The lowest BCUT2D eigenvalue weighted by Gasteiger charge is -2.44. The zero-order chi connectivity index (χ0) is 15.7. The van der Waals surface area contributed by atoms with Gasteiger partial charge in [-0.1, -0.05) is 26.7 Å². The molecule has 2 aliphatic rings. The first-order chi connectivity index (χ1) is 9.85. The molecular formula is C14H24N2O4S. The molecule has 1 unspecified atom stereocenters. The van der Waals surface area contributed by atoms with Gasteiger partial charge in [0.1, 0.15) is 11.6 Å². The Balaban J connectivity index is 2.21. The average Bonchev–Trinajstić information content (AvgIpc) is 2.90. The minimum Gasteiger partial charge on any atom is -0.340 e. The third kappa shape index (κ3) is 3.07. The van der Waals surface area contributed by atoms with Crippen LogP contribution >= 0.6 is 0 Å². The first kappa shape index (κ1) is 16.3. The number of carbonyl (C=O) groups excluding carboxylic acids is 2. The number of carbonyl (C=O) groups is 2. The van der Waals surface area contributed by atoms with Crippen molar-refractivity contribution in [2.45, 2.75) is 57.5 Å². The van der Waals surface area contributed by atoms with Crippen LogP contribution in [0.25, 0.3) is 0 Å². The molecule has 0 aromatic rings. The predicted octanol–water partition coefficient (Wildman–Crippen LogP) is 0.471. The smallest absolute Gasteiger partial charge is 0.249 e. The van der Waals surface area contributed by atoms with Gasteiger partial charge in [0.05, 0.1) is 5.75 Å². The molecule has 1 saturated heterocycles. The zero-order valence-corrected chi connectivity index (χ0v) is 13.5. The maximum Gasteiger partial charge on any atom is 0.249 e. The Labute approximate surface area is 126 Å². The van der Waals surface area contributed by atoms with Crippen molar-refractivity contribution in [1.82, 2.24) is 10.2 Å². The molecule has 0 radical (unpaired) electrons. The van der Waals surface area contributed by atoms with Crippen LogP contribution in [0.2, 0.25) is 0 Å². The summed E-state index contributed by atoms with van der Waals surface area (Å²) in [7, 11) is -3.15. The van der Waals surface area contributed by atoms with Crippen molar-refractivity contribution in [3.05, 3.63) is 0 Å². The van der Waals surface area contributed by atoms with Gasteiger partial charge in [-0.3, -0.25) is 9.59 Å². The van der Waals surface area contributed by atoms with E-state index in [1.165, 1.54) is 4.90 Å². The maximum atomic E-state index is 12.8. The molecule has 7 heteroatoms. The van der Waals surface area contributed by atoms with E-state index in [0.717, 1.165) is 12.8 Å². The molecule has 120 valence electrons. The highest BCUT2D eigenvalue weighted by atomic mass is 32.2. The molecule has 1 saturated carbocycles. The van der Waals surface area contributed by atoms with E-state index >= 15 is 0 Å². The van der Waals surface area contributed by atoms with Crippen molar-refractivity contribution >= 4 is 21.7 Å². The van der Waals surface area contributed by atoms with Gasteiger partial charge in [-0.15, -0.1) is 0 Å². The zero-order valence-electron chi connectivity index (χ0n) is 12.7. The molecule has 0 bridgehead atoms. The first-order valence-corrected chi connectivity index (χ1v) is 9.51. The lowest BCUT2D eigenvalue weighted by molar-refractivity contribution is -0.154. The molecule has 1 N–H and O–H groups in total. The summed E-state index contributed by atoms with van der Waals surface area (Å²) in [6.07, 6.45) is 3.66. The highest BCUT2D eigenvalue weighted by Crippen LogP contribution is 2.35. The predicted molar refractivity (Wildman–Crippen MR) is 79.5 cm³/mol. The van der Waals surface area contributed by atoms with Crippen LogP contribution in [0.4, 0.5) is 0 Å². The summed E-state index contributed by atoms with van der Waals surface area (Å²) in [6, 6.07) is -0.546. The summed E-state index contributed by atoms with van der Waals surface area (Å²) < 4.78 is 23.4. The summed E-state index contributed by atoms with van der Waals surface area (Å²) in [4.78, 5) is 26.6. The van der Waals surface area contributed by atoms with Crippen LogP contribution in [-0.4, -0.2) is 54.8 Å². The van der Waals surface area contributed by atoms with Gasteiger partial charge < -0.3 is 10.2 Å². The van der Waals surface area contributed by atoms with E-state index in [2.05, 4.69) is 5.32 Å². The van der Waals surface area contributed by atoms with Crippen molar-refractivity contribution in [1.29, 1.82) is 0 Å². The molecule has 2 fully saturated rings. The van der Waals surface area contributed by atoms with Crippen LogP contribution in [0.15, 0.2) is 0 Å². The van der Waals surface area contributed by atoms with Crippen LogP contribution in [-0.2, 0) is 19.4 Å². The largest absolute Gasteiger partial charge is 0.340 e. The van der Waals surface area contributed by atoms with E-state index in [1.807, 2.05) is 6.92 Å². The van der Waals surface area contributed by atoms with E-state index < -0.39 is 21.4 Å². The molecule has 2 amide bonds. The number of piperazine rings is 1. The second-order valence-corrected chi connectivity index (χ2v) is 8.41. The van der Waals surface area contributed by atoms with Crippen LogP contribution in [0.1, 0.15) is 46.0 Å². The second kappa shape index (κ2) is 5.94. The summed E-state index contributed by atoms with van der Waals surface area (Å²) in [6.45, 7) is 3.55. The fourth-order valence-electron chi connectivity index (χ4n) is 3.29. The van der Waals surface area contributed by atoms with Crippen LogP contribution in [0, 0.1) is 0 Å².